The number of nitriles is 1. The molecule has 0 bridgehead atoms. The number of anilines is 1. The van der Waals surface area contributed by atoms with Crippen LogP contribution >= 0.6 is 11.8 Å². The molecule has 0 unspecified atom stereocenters. The quantitative estimate of drug-likeness (QED) is 0.555. The number of furan rings is 1. The molecule has 30 heavy (non-hydrogen) atoms. The minimum atomic E-state index is -0.434. The number of ether oxygens (including phenoxy) is 1. The van der Waals surface area contributed by atoms with E-state index in [0.29, 0.717) is 44.6 Å². The fraction of sp³-hybridized carbons (Fsp3) is 0.0870. The van der Waals surface area contributed by atoms with Crippen LogP contribution in [-0.2, 0) is 15.3 Å². The molecule has 2 amide bonds. The van der Waals surface area contributed by atoms with Crippen LogP contribution in [-0.4, -0.2) is 18.9 Å². The van der Waals surface area contributed by atoms with Crippen LogP contribution in [0.1, 0.15) is 16.9 Å². The lowest BCUT2D eigenvalue weighted by atomic mass is 10.0. The van der Waals surface area contributed by atoms with Crippen LogP contribution < -0.4 is 9.64 Å². The summed E-state index contributed by atoms with van der Waals surface area (Å²) < 4.78 is 10.8. The van der Waals surface area contributed by atoms with Gasteiger partial charge in [-0.2, -0.15) is 5.26 Å². The zero-order chi connectivity index (χ0) is 21.1. The molecule has 1 aliphatic heterocycles. The van der Waals surface area contributed by atoms with Crippen molar-refractivity contribution in [2.45, 2.75) is 5.75 Å². The molecular formula is C23H16N2O4S. The number of hydrogen-bond acceptors (Lipinski definition) is 6. The fourth-order valence-electron chi connectivity index (χ4n) is 3.19. The van der Waals surface area contributed by atoms with Gasteiger partial charge in [-0.05, 0) is 42.5 Å². The SMILES string of the molecule is COc1ccccc1C1=C(SCc2ccco2)C(=O)N(c2ccc(C#N)cc2)C1=O. The molecule has 0 radical (unpaired) electrons. The number of thioether (sulfide) groups is 1. The number of hydrogen-bond donors (Lipinski definition) is 0. The van der Waals surface area contributed by atoms with E-state index in [2.05, 4.69) is 0 Å². The van der Waals surface area contributed by atoms with Gasteiger partial charge in [-0.25, -0.2) is 4.90 Å². The Morgan fingerprint density at radius 2 is 1.80 bits per heavy atom. The van der Waals surface area contributed by atoms with E-state index in [4.69, 9.17) is 14.4 Å². The number of rotatable bonds is 6. The molecule has 0 fully saturated rings. The molecule has 0 N–H and O–H groups in total. The van der Waals surface area contributed by atoms with Crippen molar-refractivity contribution in [3.63, 3.8) is 0 Å². The first-order valence-electron chi connectivity index (χ1n) is 9.06. The molecule has 1 aromatic heterocycles. The van der Waals surface area contributed by atoms with E-state index in [1.54, 1.807) is 60.9 Å². The number of benzene rings is 2. The molecule has 0 aliphatic carbocycles. The largest absolute Gasteiger partial charge is 0.496 e. The van der Waals surface area contributed by atoms with Crippen molar-refractivity contribution < 1.29 is 18.7 Å². The van der Waals surface area contributed by atoms with E-state index in [0.717, 1.165) is 4.90 Å². The standard InChI is InChI=1S/C23H16N2O4S/c1-28-19-7-3-2-6-18(19)20-21(30-14-17-5-4-12-29-17)23(27)25(22(20)26)16-10-8-15(13-24)9-11-16/h2-12H,14H2,1H3. The van der Waals surface area contributed by atoms with Gasteiger partial charge in [-0.3, -0.25) is 9.59 Å². The van der Waals surface area contributed by atoms with Crippen LogP contribution in [0, 0.1) is 11.3 Å². The third kappa shape index (κ3) is 3.49. The third-order valence-electron chi connectivity index (χ3n) is 4.61. The van der Waals surface area contributed by atoms with E-state index >= 15 is 0 Å². The maximum absolute atomic E-state index is 13.4. The average Bonchev–Trinajstić information content (AvgIpc) is 3.38. The van der Waals surface area contributed by atoms with Crippen molar-refractivity contribution in [1.82, 2.24) is 0 Å². The van der Waals surface area contributed by atoms with Crippen LogP contribution in [0.2, 0.25) is 0 Å². The first-order chi connectivity index (χ1) is 14.6. The summed E-state index contributed by atoms with van der Waals surface area (Å²) in [7, 11) is 1.52. The predicted octanol–water partition coefficient (Wildman–Crippen LogP) is 4.38. The van der Waals surface area contributed by atoms with E-state index in [1.807, 2.05) is 12.1 Å². The molecule has 2 aromatic carbocycles. The van der Waals surface area contributed by atoms with Gasteiger partial charge >= 0.3 is 0 Å². The number of carbonyl (C=O) groups is 2. The van der Waals surface area contributed by atoms with Gasteiger partial charge in [0.05, 0.1) is 46.9 Å². The Hall–Kier alpha value is -3.76. The Kier molecular flexibility index (Phi) is 5.42. The first-order valence-corrected chi connectivity index (χ1v) is 10.0. The second-order valence-corrected chi connectivity index (χ2v) is 7.36. The summed E-state index contributed by atoms with van der Waals surface area (Å²) in [4.78, 5) is 28.2. The highest BCUT2D eigenvalue weighted by atomic mass is 32.2. The van der Waals surface area contributed by atoms with E-state index in [-0.39, 0.29) is 0 Å². The highest BCUT2D eigenvalue weighted by Gasteiger charge is 2.41. The molecule has 0 saturated heterocycles. The highest BCUT2D eigenvalue weighted by molar-refractivity contribution is 8.03. The van der Waals surface area contributed by atoms with Crippen LogP contribution in [0.25, 0.3) is 5.57 Å². The summed E-state index contributed by atoms with van der Waals surface area (Å²) in [6.07, 6.45) is 1.57. The zero-order valence-electron chi connectivity index (χ0n) is 16.0. The number of carbonyl (C=O) groups excluding carboxylic acids is 2. The Balaban J connectivity index is 1.78. The Bertz CT molecular complexity index is 1170. The van der Waals surface area contributed by atoms with Gasteiger partial charge < -0.3 is 9.15 Å². The minimum absolute atomic E-state index is 0.290. The van der Waals surface area contributed by atoms with Crippen molar-refractivity contribution in [2.24, 2.45) is 0 Å². The predicted molar refractivity (Wildman–Crippen MR) is 114 cm³/mol. The maximum Gasteiger partial charge on any atom is 0.272 e. The Morgan fingerprint density at radius 1 is 1.03 bits per heavy atom. The summed E-state index contributed by atoms with van der Waals surface area (Å²) in [6.45, 7) is 0. The Morgan fingerprint density at radius 3 is 2.47 bits per heavy atom. The van der Waals surface area contributed by atoms with Gasteiger partial charge in [0.2, 0.25) is 0 Å². The van der Waals surface area contributed by atoms with Crippen molar-refractivity contribution in [2.75, 3.05) is 12.0 Å². The lowest BCUT2D eigenvalue weighted by Crippen LogP contribution is -2.31. The minimum Gasteiger partial charge on any atom is -0.496 e. The van der Waals surface area contributed by atoms with E-state index in [9.17, 15) is 9.59 Å². The smallest absolute Gasteiger partial charge is 0.272 e. The summed E-state index contributed by atoms with van der Waals surface area (Å²) in [5.41, 5.74) is 1.70. The van der Waals surface area contributed by atoms with Gasteiger partial charge in [0, 0.05) is 5.56 Å². The second kappa shape index (κ2) is 8.31. The van der Waals surface area contributed by atoms with E-state index < -0.39 is 11.8 Å². The first kappa shape index (κ1) is 19.6. The lowest BCUT2D eigenvalue weighted by molar-refractivity contribution is -0.119. The van der Waals surface area contributed by atoms with Gasteiger partial charge in [0.25, 0.3) is 11.8 Å². The highest BCUT2D eigenvalue weighted by Crippen LogP contribution is 2.42. The monoisotopic (exact) mass is 416 g/mol. The number of nitrogens with zero attached hydrogens (tertiary/aromatic N) is 2. The molecule has 1 aliphatic rings. The van der Waals surface area contributed by atoms with Crippen LogP contribution in [0.3, 0.4) is 0 Å². The lowest BCUT2D eigenvalue weighted by Gasteiger charge is -2.15. The number of methoxy groups -OCH3 is 1. The Labute approximate surface area is 177 Å². The van der Waals surface area contributed by atoms with Gasteiger partial charge in [0.1, 0.15) is 11.5 Å². The van der Waals surface area contributed by atoms with Crippen molar-refractivity contribution in [3.8, 4) is 11.8 Å². The number of amides is 2. The third-order valence-corrected chi connectivity index (χ3v) is 5.71. The van der Waals surface area contributed by atoms with Crippen LogP contribution in [0.4, 0.5) is 5.69 Å². The van der Waals surface area contributed by atoms with Crippen molar-refractivity contribution >= 4 is 34.8 Å². The maximum atomic E-state index is 13.4. The summed E-state index contributed by atoms with van der Waals surface area (Å²) in [6, 6.07) is 19.1. The zero-order valence-corrected chi connectivity index (χ0v) is 16.8. The molecule has 3 aromatic rings. The normalized spacial score (nSPS) is 13.7. The molecule has 0 saturated carbocycles. The molecule has 0 spiro atoms. The molecular weight excluding hydrogens is 400 g/mol. The second-order valence-electron chi connectivity index (χ2n) is 6.38. The summed E-state index contributed by atoms with van der Waals surface area (Å²) in [5.74, 6) is 0.759. The van der Waals surface area contributed by atoms with Gasteiger partial charge in [0.15, 0.2) is 0 Å². The fourth-order valence-corrected chi connectivity index (χ4v) is 4.20. The molecule has 4 rings (SSSR count). The van der Waals surface area contributed by atoms with Crippen molar-refractivity contribution in [1.29, 1.82) is 5.26 Å². The number of para-hydroxylation sites is 1. The van der Waals surface area contributed by atoms with E-state index in [1.165, 1.54) is 18.9 Å². The molecule has 7 heteroatoms. The summed E-state index contributed by atoms with van der Waals surface area (Å²) in [5, 5.41) is 9.02. The van der Waals surface area contributed by atoms with Gasteiger partial charge in [-0.15, -0.1) is 11.8 Å². The van der Waals surface area contributed by atoms with Crippen molar-refractivity contribution in [3.05, 3.63) is 88.7 Å². The number of imide groups is 1. The van der Waals surface area contributed by atoms with Crippen LogP contribution in [0.5, 0.6) is 5.75 Å². The molecule has 6 nitrogen and oxygen atoms in total. The van der Waals surface area contributed by atoms with Crippen LogP contribution in [0.15, 0.2) is 76.2 Å². The summed E-state index contributed by atoms with van der Waals surface area (Å²) >= 11 is 1.25. The average molecular weight is 416 g/mol. The molecule has 2 heterocycles. The topological polar surface area (TPSA) is 83.5 Å². The molecule has 148 valence electrons. The molecule has 0 atom stereocenters. The van der Waals surface area contributed by atoms with Gasteiger partial charge in [-0.1, -0.05) is 18.2 Å².